The van der Waals surface area contributed by atoms with Gasteiger partial charge < -0.3 is 14.2 Å². The maximum Gasteiger partial charge on any atom is 0.271 e. The number of hydrogen-bond acceptors (Lipinski definition) is 4. The number of hydrogen-bond donors (Lipinski definition) is 1. The van der Waals surface area contributed by atoms with Crippen molar-refractivity contribution >= 4 is 16.9 Å². The minimum absolute atomic E-state index is 0.0321. The number of aromatic amines is 1. The first-order valence-electron chi connectivity index (χ1n) is 11.2. The van der Waals surface area contributed by atoms with E-state index in [1.807, 2.05) is 53.4 Å². The average molecular weight is 450 g/mol. The maximum atomic E-state index is 13.8. The van der Waals surface area contributed by atoms with Gasteiger partial charge in [0.2, 0.25) is 0 Å². The summed E-state index contributed by atoms with van der Waals surface area (Å²) < 4.78 is 7.36. The molecule has 0 saturated carbocycles. The van der Waals surface area contributed by atoms with E-state index in [9.17, 15) is 4.79 Å². The molecule has 5 aromatic rings. The number of nitrogens with zero attached hydrogens (tertiary/aromatic N) is 4. The van der Waals surface area contributed by atoms with Crippen LogP contribution < -0.4 is 4.74 Å². The Labute approximate surface area is 196 Å². The molecule has 0 radical (unpaired) electrons. The highest BCUT2D eigenvalue weighted by molar-refractivity contribution is 6.07. The molecule has 0 saturated heterocycles. The van der Waals surface area contributed by atoms with Crippen molar-refractivity contribution in [3.63, 3.8) is 0 Å². The first kappa shape index (κ1) is 20.2. The predicted molar refractivity (Wildman–Crippen MR) is 130 cm³/mol. The average Bonchev–Trinajstić information content (AvgIpc) is 3.52. The summed E-state index contributed by atoms with van der Waals surface area (Å²) in [6.07, 6.45) is 5.67. The van der Waals surface area contributed by atoms with E-state index < -0.39 is 0 Å². The fourth-order valence-electron chi connectivity index (χ4n) is 4.73. The zero-order chi connectivity index (χ0) is 23.1. The zero-order valence-electron chi connectivity index (χ0n) is 18.7. The number of rotatable bonds is 5. The van der Waals surface area contributed by atoms with Gasteiger partial charge in [0.25, 0.3) is 5.91 Å². The SMILES string of the molecule is COc1ccc(CN2CCn3cc(-c4ccnc5[nH]ncc45)c(-c4ccccc4)c3C2=O)cc1. The molecular weight excluding hydrogens is 426 g/mol. The third kappa shape index (κ3) is 3.33. The van der Waals surface area contributed by atoms with Gasteiger partial charge in [0.05, 0.1) is 13.3 Å². The summed E-state index contributed by atoms with van der Waals surface area (Å²) in [5, 5.41) is 8.06. The molecule has 7 nitrogen and oxygen atoms in total. The maximum absolute atomic E-state index is 13.8. The van der Waals surface area contributed by atoms with Gasteiger partial charge in [0.1, 0.15) is 11.4 Å². The lowest BCUT2D eigenvalue weighted by Gasteiger charge is -2.29. The van der Waals surface area contributed by atoms with E-state index in [0.29, 0.717) is 13.1 Å². The summed E-state index contributed by atoms with van der Waals surface area (Å²) in [5.41, 5.74) is 6.49. The van der Waals surface area contributed by atoms with Crippen molar-refractivity contribution in [1.82, 2.24) is 24.6 Å². The summed E-state index contributed by atoms with van der Waals surface area (Å²) in [6, 6.07) is 20.0. The van der Waals surface area contributed by atoms with Crippen LogP contribution in [0, 0.1) is 0 Å². The van der Waals surface area contributed by atoms with E-state index in [2.05, 4.69) is 38.1 Å². The van der Waals surface area contributed by atoms with Crippen LogP contribution in [0.15, 0.2) is 79.3 Å². The standard InChI is InChI=1S/C27H23N5O2/c1-34-20-9-7-18(8-10-20)16-32-14-13-31-17-23(21-11-12-28-26-22(21)15-29-30-26)24(25(31)27(32)33)19-5-3-2-4-6-19/h2-12,15,17H,13-14,16H2,1H3,(H,28,29,30). The minimum atomic E-state index is 0.0321. The van der Waals surface area contributed by atoms with E-state index >= 15 is 0 Å². The molecule has 1 amide bonds. The fourth-order valence-corrected chi connectivity index (χ4v) is 4.73. The van der Waals surface area contributed by atoms with Gasteiger partial charge >= 0.3 is 0 Å². The Morgan fingerprint density at radius 1 is 1.00 bits per heavy atom. The number of nitrogens with one attached hydrogen (secondary N) is 1. The van der Waals surface area contributed by atoms with Crippen LogP contribution in [0.5, 0.6) is 5.75 Å². The molecule has 6 rings (SSSR count). The molecule has 1 aliphatic rings. The Bertz CT molecular complexity index is 1490. The van der Waals surface area contributed by atoms with Gasteiger partial charge in [-0.15, -0.1) is 0 Å². The van der Waals surface area contributed by atoms with Gasteiger partial charge in [-0.1, -0.05) is 42.5 Å². The molecule has 0 spiro atoms. The van der Waals surface area contributed by atoms with Crippen LogP contribution in [0.3, 0.4) is 0 Å². The Morgan fingerprint density at radius 3 is 2.62 bits per heavy atom. The quantitative estimate of drug-likeness (QED) is 0.420. The van der Waals surface area contributed by atoms with Crippen molar-refractivity contribution in [2.75, 3.05) is 13.7 Å². The molecule has 0 aliphatic carbocycles. The van der Waals surface area contributed by atoms with Crippen LogP contribution in [0.4, 0.5) is 0 Å². The molecule has 0 fully saturated rings. The molecule has 0 atom stereocenters. The van der Waals surface area contributed by atoms with E-state index in [0.717, 1.165) is 56.8 Å². The van der Waals surface area contributed by atoms with E-state index in [-0.39, 0.29) is 5.91 Å². The third-order valence-corrected chi connectivity index (χ3v) is 6.42. The lowest BCUT2D eigenvalue weighted by molar-refractivity contribution is 0.0692. The molecule has 0 unspecified atom stereocenters. The highest BCUT2D eigenvalue weighted by Crippen LogP contribution is 2.40. The normalized spacial score (nSPS) is 13.3. The number of H-pyrrole nitrogens is 1. The highest BCUT2D eigenvalue weighted by atomic mass is 16.5. The number of carbonyl (C=O) groups is 1. The summed E-state index contributed by atoms with van der Waals surface area (Å²) >= 11 is 0. The van der Waals surface area contributed by atoms with Gasteiger partial charge in [0, 0.05) is 48.5 Å². The first-order valence-corrected chi connectivity index (χ1v) is 11.2. The number of benzene rings is 2. The van der Waals surface area contributed by atoms with Gasteiger partial charge in [-0.2, -0.15) is 5.10 Å². The second-order valence-electron chi connectivity index (χ2n) is 8.39. The number of pyridine rings is 1. The second-order valence-corrected chi connectivity index (χ2v) is 8.39. The topological polar surface area (TPSA) is 76.0 Å². The Kier molecular flexibility index (Phi) is 4.87. The lowest BCUT2D eigenvalue weighted by Crippen LogP contribution is -2.39. The van der Waals surface area contributed by atoms with Gasteiger partial charge in [0.15, 0.2) is 5.65 Å². The Balaban J connectivity index is 1.47. The van der Waals surface area contributed by atoms with E-state index in [1.165, 1.54) is 0 Å². The van der Waals surface area contributed by atoms with Crippen molar-refractivity contribution in [1.29, 1.82) is 0 Å². The number of fused-ring (bicyclic) bond motifs is 2. The van der Waals surface area contributed by atoms with Crippen molar-refractivity contribution < 1.29 is 9.53 Å². The van der Waals surface area contributed by atoms with Crippen molar-refractivity contribution in [2.24, 2.45) is 0 Å². The largest absolute Gasteiger partial charge is 0.497 e. The van der Waals surface area contributed by atoms with Crippen molar-refractivity contribution in [2.45, 2.75) is 13.1 Å². The van der Waals surface area contributed by atoms with Gasteiger partial charge in [-0.05, 0) is 34.9 Å². The lowest BCUT2D eigenvalue weighted by atomic mass is 9.95. The van der Waals surface area contributed by atoms with Gasteiger partial charge in [-0.3, -0.25) is 9.89 Å². The molecule has 3 aromatic heterocycles. The summed E-state index contributed by atoms with van der Waals surface area (Å²) in [7, 11) is 1.65. The van der Waals surface area contributed by atoms with Crippen LogP contribution >= 0.6 is 0 Å². The fraction of sp³-hybridized carbons (Fsp3) is 0.148. The van der Waals surface area contributed by atoms with Gasteiger partial charge in [-0.25, -0.2) is 4.98 Å². The molecule has 0 bridgehead atoms. The van der Waals surface area contributed by atoms with Crippen LogP contribution in [-0.2, 0) is 13.1 Å². The number of aromatic nitrogens is 4. The number of methoxy groups -OCH3 is 1. The third-order valence-electron chi connectivity index (χ3n) is 6.42. The van der Waals surface area contributed by atoms with Crippen LogP contribution in [0.25, 0.3) is 33.3 Å². The molecular formula is C27H23N5O2. The van der Waals surface area contributed by atoms with E-state index in [1.54, 1.807) is 19.5 Å². The molecule has 2 aromatic carbocycles. The summed E-state index contributed by atoms with van der Waals surface area (Å²) in [6.45, 7) is 1.94. The highest BCUT2D eigenvalue weighted by Gasteiger charge is 2.31. The van der Waals surface area contributed by atoms with Crippen molar-refractivity contribution in [3.05, 3.63) is 90.5 Å². The molecule has 34 heavy (non-hydrogen) atoms. The molecule has 1 N–H and O–H groups in total. The Hall–Kier alpha value is -4.39. The molecule has 7 heteroatoms. The van der Waals surface area contributed by atoms with Crippen LogP contribution in [-0.4, -0.2) is 44.2 Å². The number of carbonyl (C=O) groups excluding carboxylic acids is 1. The molecule has 1 aliphatic heterocycles. The molecule has 4 heterocycles. The van der Waals surface area contributed by atoms with Crippen molar-refractivity contribution in [3.8, 4) is 28.0 Å². The number of amides is 1. The summed E-state index contributed by atoms with van der Waals surface area (Å²) in [4.78, 5) is 20.2. The summed E-state index contributed by atoms with van der Waals surface area (Å²) in [5.74, 6) is 0.839. The molecule has 168 valence electrons. The second kappa shape index (κ2) is 8.19. The Morgan fingerprint density at radius 2 is 1.82 bits per heavy atom. The minimum Gasteiger partial charge on any atom is -0.497 e. The van der Waals surface area contributed by atoms with E-state index in [4.69, 9.17) is 4.74 Å². The predicted octanol–water partition coefficient (Wildman–Crippen LogP) is 4.76. The zero-order valence-corrected chi connectivity index (χ0v) is 18.7. The monoisotopic (exact) mass is 449 g/mol. The smallest absolute Gasteiger partial charge is 0.271 e. The number of ether oxygens (including phenoxy) is 1. The van der Waals surface area contributed by atoms with Crippen LogP contribution in [0.2, 0.25) is 0 Å². The first-order chi connectivity index (χ1) is 16.7. The van der Waals surface area contributed by atoms with Crippen LogP contribution in [0.1, 0.15) is 16.1 Å².